The number of nitrogens with two attached hydrogens (primary N) is 1. The van der Waals surface area contributed by atoms with Gasteiger partial charge in [0.25, 0.3) is 0 Å². The highest BCUT2D eigenvalue weighted by Gasteiger charge is 2.26. The van der Waals surface area contributed by atoms with Gasteiger partial charge in [0.05, 0.1) is 12.8 Å². The minimum atomic E-state index is -0.493. The zero-order valence-electron chi connectivity index (χ0n) is 14.5. The number of hydrogen-bond donors (Lipinski definition) is 2. The number of nitrogens with zero attached hydrogens (tertiary/aromatic N) is 2. The lowest BCUT2D eigenvalue weighted by Gasteiger charge is -2.37. The van der Waals surface area contributed by atoms with Crippen LogP contribution in [0.25, 0.3) is 0 Å². The molecule has 0 spiro atoms. The summed E-state index contributed by atoms with van der Waals surface area (Å²) < 4.78 is 0. The second kappa shape index (κ2) is 8.14. The third-order valence-corrected chi connectivity index (χ3v) is 5.10. The van der Waals surface area contributed by atoms with Crippen molar-refractivity contribution in [1.82, 2.24) is 10.2 Å². The molecular weight excluding hydrogens is 316 g/mol. The first-order chi connectivity index (χ1) is 12.1. The lowest BCUT2D eigenvalue weighted by molar-refractivity contribution is -0.121. The highest BCUT2D eigenvalue weighted by Crippen LogP contribution is 2.23. The Labute approximate surface area is 148 Å². The first kappa shape index (κ1) is 17.5. The summed E-state index contributed by atoms with van der Waals surface area (Å²) in [7, 11) is 0. The van der Waals surface area contributed by atoms with E-state index in [4.69, 9.17) is 5.73 Å². The molecule has 134 valence electrons. The van der Waals surface area contributed by atoms with Gasteiger partial charge in [-0.3, -0.25) is 14.6 Å². The third-order valence-electron chi connectivity index (χ3n) is 5.10. The topological polar surface area (TPSA) is 87.8 Å². The van der Waals surface area contributed by atoms with Gasteiger partial charge in [0.2, 0.25) is 11.8 Å². The van der Waals surface area contributed by atoms with Crippen molar-refractivity contribution in [2.75, 3.05) is 13.1 Å². The molecule has 6 nitrogen and oxygen atoms in total. The highest BCUT2D eigenvalue weighted by atomic mass is 16.2. The monoisotopic (exact) mass is 342 g/mol. The molecule has 0 atom stereocenters. The van der Waals surface area contributed by atoms with Gasteiger partial charge in [0.15, 0.2) is 0 Å². The molecule has 6 heteroatoms. The Bertz CT molecular complexity index is 651. The molecular formula is C19H26N4O2. The normalized spacial score (nSPS) is 23.3. The first-order valence-electron chi connectivity index (χ1n) is 9.06. The fourth-order valence-electron chi connectivity index (χ4n) is 3.76. The van der Waals surface area contributed by atoms with Crippen LogP contribution in [0.2, 0.25) is 0 Å². The highest BCUT2D eigenvalue weighted by molar-refractivity contribution is 5.95. The van der Waals surface area contributed by atoms with Crippen LogP contribution in [0.3, 0.4) is 0 Å². The molecule has 2 amide bonds. The number of hydrogen-bond acceptors (Lipinski definition) is 4. The fourth-order valence-corrected chi connectivity index (χ4v) is 3.76. The number of aliphatic imine (C=N–C) groups is 1. The molecule has 3 rings (SSSR count). The Kier molecular flexibility index (Phi) is 5.68. The maximum Gasteiger partial charge on any atom is 0.248 e. The Hall–Kier alpha value is -2.37. The van der Waals surface area contributed by atoms with Gasteiger partial charge < -0.3 is 16.0 Å². The molecule has 1 heterocycles. The van der Waals surface area contributed by atoms with Crippen LogP contribution in [0.15, 0.2) is 29.3 Å². The largest absolute Gasteiger partial charge is 0.366 e. The minimum absolute atomic E-state index is 0.0447. The maximum atomic E-state index is 12.3. The van der Waals surface area contributed by atoms with E-state index in [-0.39, 0.29) is 18.4 Å². The zero-order valence-corrected chi connectivity index (χ0v) is 14.5. The van der Waals surface area contributed by atoms with Crippen molar-refractivity contribution in [3.05, 3.63) is 35.4 Å². The molecule has 1 aromatic carbocycles. The van der Waals surface area contributed by atoms with Crippen molar-refractivity contribution in [3.63, 3.8) is 0 Å². The molecule has 25 heavy (non-hydrogen) atoms. The van der Waals surface area contributed by atoms with Crippen molar-refractivity contribution in [1.29, 1.82) is 0 Å². The van der Waals surface area contributed by atoms with Crippen LogP contribution in [-0.4, -0.2) is 48.2 Å². The lowest BCUT2D eigenvalue weighted by Crippen LogP contribution is -2.45. The smallest absolute Gasteiger partial charge is 0.248 e. The van der Waals surface area contributed by atoms with E-state index in [0.717, 1.165) is 45.2 Å². The Balaban J connectivity index is 1.49. The summed E-state index contributed by atoms with van der Waals surface area (Å²) in [5.41, 5.74) is 6.48. The Morgan fingerprint density at radius 2 is 1.96 bits per heavy atom. The number of nitrogens with one attached hydrogen (secondary N) is 1. The van der Waals surface area contributed by atoms with Gasteiger partial charge in [-0.1, -0.05) is 18.2 Å². The van der Waals surface area contributed by atoms with E-state index in [1.54, 1.807) is 18.2 Å². The van der Waals surface area contributed by atoms with Crippen LogP contribution >= 0.6 is 0 Å². The van der Waals surface area contributed by atoms with Gasteiger partial charge >= 0.3 is 0 Å². The number of benzene rings is 1. The molecule has 1 aromatic rings. The van der Waals surface area contributed by atoms with Crippen LogP contribution in [0.1, 0.15) is 48.0 Å². The molecule has 0 aromatic heterocycles. The van der Waals surface area contributed by atoms with Crippen molar-refractivity contribution in [3.8, 4) is 0 Å². The van der Waals surface area contributed by atoms with E-state index < -0.39 is 5.91 Å². The standard InChI is InChI=1S/C19H26N4O2/c20-19(25)17-5-2-1-4-14(17)12-18(24)22-15-6-8-16(9-7-15)23-11-3-10-21-13-23/h1-2,4-5,13,15-16H,3,6-12H2,(H2,20,25)(H,22,24). The minimum Gasteiger partial charge on any atom is -0.366 e. The summed E-state index contributed by atoms with van der Waals surface area (Å²) in [4.78, 5) is 30.5. The molecule has 0 saturated heterocycles. The van der Waals surface area contributed by atoms with Gasteiger partial charge in [0.1, 0.15) is 0 Å². The first-order valence-corrected chi connectivity index (χ1v) is 9.06. The number of carbonyl (C=O) groups is 2. The van der Waals surface area contributed by atoms with E-state index in [0.29, 0.717) is 17.2 Å². The second-order valence-electron chi connectivity index (χ2n) is 6.88. The van der Waals surface area contributed by atoms with Gasteiger partial charge in [-0.15, -0.1) is 0 Å². The van der Waals surface area contributed by atoms with E-state index in [1.165, 1.54) is 0 Å². The van der Waals surface area contributed by atoms with E-state index in [9.17, 15) is 9.59 Å². The number of rotatable bonds is 5. The maximum absolute atomic E-state index is 12.3. The predicted molar refractivity (Wildman–Crippen MR) is 97.5 cm³/mol. The van der Waals surface area contributed by atoms with E-state index >= 15 is 0 Å². The van der Waals surface area contributed by atoms with Gasteiger partial charge in [-0.2, -0.15) is 0 Å². The Morgan fingerprint density at radius 3 is 2.64 bits per heavy atom. The molecule has 1 aliphatic heterocycles. The van der Waals surface area contributed by atoms with Gasteiger partial charge in [-0.05, 0) is 43.7 Å². The van der Waals surface area contributed by atoms with Crippen LogP contribution in [0.5, 0.6) is 0 Å². The molecule has 1 saturated carbocycles. The Morgan fingerprint density at radius 1 is 1.20 bits per heavy atom. The summed E-state index contributed by atoms with van der Waals surface area (Å²) in [5, 5.41) is 3.11. The molecule has 0 radical (unpaired) electrons. The summed E-state index contributed by atoms with van der Waals surface area (Å²) in [5.74, 6) is -0.538. The number of primary amides is 1. The summed E-state index contributed by atoms with van der Waals surface area (Å²) in [6.45, 7) is 2.03. The van der Waals surface area contributed by atoms with Crippen molar-refractivity contribution < 1.29 is 9.59 Å². The lowest BCUT2D eigenvalue weighted by atomic mass is 9.90. The van der Waals surface area contributed by atoms with Crippen LogP contribution < -0.4 is 11.1 Å². The SMILES string of the molecule is NC(=O)c1ccccc1CC(=O)NC1CCC(N2C=NCCC2)CC1. The zero-order chi connectivity index (χ0) is 17.6. The summed E-state index contributed by atoms with van der Waals surface area (Å²) >= 11 is 0. The molecule has 1 fully saturated rings. The van der Waals surface area contributed by atoms with Crippen LogP contribution in [0, 0.1) is 0 Å². The average molecular weight is 342 g/mol. The molecule has 1 aliphatic carbocycles. The molecule has 2 aliphatic rings. The average Bonchev–Trinajstić information content (AvgIpc) is 2.63. The molecule has 3 N–H and O–H groups in total. The number of carbonyl (C=O) groups excluding carboxylic acids is 2. The second-order valence-corrected chi connectivity index (χ2v) is 6.88. The van der Waals surface area contributed by atoms with Gasteiger partial charge in [-0.25, -0.2) is 0 Å². The van der Waals surface area contributed by atoms with E-state index in [1.807, 2.05) is 12.4 Å². The van der Waals surface area contributed by atoms with Crippen molar-refractivity contribution in [2.24, 2.45) is 10.7 Å². The van der Waals surface area contributed by atoms with Gasteiger partial charge in [0, 0.05) is 30.7 Å². The summed E-state index contributed by atoms with van der Waals surface area (Å²) in [6, 6.07) is 7.79. The summed E-state index contributed by atoms with van der Waals surface area (Å²) in [6.07, 6.45) is 7.44. The number of amides is 2. The van der Waals surface area contributed by atoms with E-state index in [2.05, 4.69) is 15.2 Å². The molecule has 0 bridgehead atoms. The van der Waals surface area contributed by atoms with Crippen LogP contribution in [-0.2, 0) is 11.2 Å². The molecule has 0 unspecified atom stereocenters. The van der Waals surface area contributed by atoms with Crippen LogP contribution in [0.4, 0.5) is 0 Å². The fraction of sp³-hybridized carbons (Fsp3) is 0.526. The third kappa shape index (κ3) is 4.59. The predicted octanol–water partition coefficient (Wildman–Crippen LogP) is 1.49. The quantitative estimate of drug-likeness (QED) is 0.850. The van der Waals surface area contributed by atoms with Crippen molar-refractivity contribution >= 4 is 18.2 Å². The van der Waals surface area contributed by atoms with Crippen molar-refractivity contribution in [2.45, 2.75) is 50.6 Å².